The number of rotatable bonds is 5. The number of carbonyl (C=O) groups excluding carboxylic acids is 1. The van der Waals surface area contributed by atoms with Crippen LogP contribution in [0.1, 0.15) is 10.4 Å². The van der Waals surface area contributed by atoms with Crippen LogP contribution in [-0.4, -0.2) is 45.0 Å². The van der Waals surface area contributed by atoms with E-state index in [9.17, 15) is 9.18 Å². The number of fused-ring (bicyclic) bond motifs is 1. The molecule has 0 atom stereocenters. The molecule has 154 valence electrons. The van der Waals surface area contributed by atoms with E-state index in [1.54, 1.807) is 30.9 Å². The summed E-state index contributed by atoms with van der Waals surface area (Å²) < 4.78 is 18.8. The Bertz CT molecular complexity index is 1260. The van der Waals surface area contributed by atoms with Crippen molar-refractivity contribution in [3.8, 4) is 17.1 Å². The quantitative estimate of drug-likeness (QED) is 0.516. The molecule has 1 aromatic carbocycles. The fraction of sp³-hybridized carbons (Fsp3) is 0.136. The smallest absolute Gasteiger partial charge is 0.256 e. The Balaban J connectivity index is 1.39. The number of nitrogens with one attached hydrogen (secondary N) is 2. The molecule has 9 heteroatoms. The summed E-state index contributed by atoms with van der Waals surface area (Å²) in [4.78, 5) is 29.8. The first-order chi connectivity index (χ1) is 15.1. The number of benzene rings is 1. The van der Waals surface area contributed by atoms with Crippen molar-refractivity contribution in [1.29, 1.82) is 0 Å². The summed E-state index contributed by atoms with van der Waals surface area (Å²) in [5, 5.41) is 6.64. The minimum Gasteiger partial charge on any atom is -0.471 e. The Morgan fingerprint density at radius 3 is 2.68 bits per heavy atom. The predicted octanol–water partition coefficient (Wildman–Crippen LogP) is 2.83. The summed E-state index contributed by atoms with van der Waals surface area (Å²) in [5.74, 6) is 0.0468. The van der Waals surface area contributed by atoms with E-state index in [1.165, 1.54) is 24.3 Å². The van der Waals surface area contributed by atoms with Crippen molar-refractivity contribution in [3.63, 3.8) is 0 Å². The SMILES string of the molecule is O=C(Nc1cc2cc(-c3cncc(OC4CNC4)n3)cnc2cn1)c1ccc(F)cc1. The van der Waals surface area contributed by atoms with Gasteiger partial charge in [-0.3, -0.25) is 14.8 Å². The lowest BCUT2D eigenvalue weighted by Gasteiger charge is -2.27. The minimum absolute atomic E-state index is 0.109. The zero-order chi connectivity index (χ0) is 21.2. The second-order valence-corrected chi connectivity index (χ2v) is 7.09. The molecule has 0 unspecified atom stereocenters. The fourth-order valence-corrected chi connectivity index (χ4v) is 3.09. The van der Waals surface area contributed by atoms with Gasteiger partial charge in [0.2, 0.25) is 5.88 Å². The van der Waals surface area contributed by atoms with Gasteiger partial charge in [0.05, 0.1) is 29.8 Å². The molecule has 1 aliphatic heterocycles. The molecular formula is C22H17FN6O2. The van der Waals surface area contributed by atoms with E-state index in [4.69, 9.17) is 4.74 Å². The van der Waals surface area contributed by atoms with Gasteiger partial charge in [-0.15, -0.1) is 0 Å². The van der Waals surface area contributed by atoms with Gasteiger partial charge in [0.25, 0.3) is 5.91 Å². The van der Waals surface area contributed by atoms with Crippen molar-refractivity contribution in [2.24, 2.45) is 0 Å². The highest BCUT2D eigenvalue weighted by atomic mass is 19.1. The highest BCUT2D eigenvalue weighted by Crippen LogP contribution is 2.24. The van der Waals surface area contributed by atoms with Gasteiger partial charge in [-0.25, -0.2) is 14.4 Å². The number of pyridine rings is 2. The van der Waals surface area contributed by atoms with Crippen LogP contribution in [0.3, 0.4) is 0 Å². The van der Waals surface area contributed by atoms with Crippen LogP contribution < -0.4 is 15.4 Å². The molecule has 4 heterocycles. The number of nitrogens with zero attached hydrogens (tertiary/aromatic N) is 4. The van der Waals surface area contributed by atoms with Crippen LogP contribution in [-0.2, 0) is 0 Å². The number of hydrogen-bond acceptors (Lipinski definition) is 7. The van der Waals surface area contributed by atoms with E-state index < -0.39 is 5.82 Å². The van der Waals surface area contributed by atoms with E-state index in [1.807, 2.05) is 6.07 Å². The second-order valence-electron chi connectivity index (χ2n) is 7.09. The first-order valence-electron chi connectivity index (χ1n) is 9.66. The standard InChI is InChI=1S/C22H17FN6O2/c23-16-3-1-13(2-4-16)22(30)29-20-6-14-5-15(7-26-18(14)11-27-20)19-10-25-12-21(28-19)31-17-8-24-9-17/h1-7,10-12,17,24H,8-9H2,(H,27,29,30). The Morgan fingerprint density at radius 1 is 1.06 bits per heavy atom. The maximum atomic E-state index is 13.1. The molecule has 3 aromatic heterocycles. The molecule has 2 N–H and O–H groups in total. The maximum Gasteiger partial charge on any atom is 0.256 e. The molecule has 1 amide bonds. The predicted molar refractivity (Wildman–Crippen MR) is 112 cm³/mol. The molecule has 1 saturated heterocycles. The van der Waals surface area contributed by atoms with Crippen LogP contribution in [0.2, 0.25) is 0 Å². The number of anilines is 1. The summed E-state index contributed by atoms with van der Waals surface area (Å²) in [6.07, 6.45) is 6.61. The summed E-state index contributed by atoms with van der Waals surface area (Å²) >= 11 is 0. The Labute approximate surface area is 176 Å². The zero-order valence-corrected chi connectivity index (χ0v) is 16.2. The minimum atomic E-state index is -0.402. The molecule has 0 bridgehead atoms. The molecule has 0 spiro atoms. The topological polar surface area (TPSA) is 102 Å². The first kappa shape index (κ1) is 19.0. The summed E-state index contributed by atoms with van der Waals surface area (Å²) in [6, 6.07) is 8.92. The summed E-state index contributed by atoms with van der Waals surface area (Å²) in [6.45, 7) is 1.59. The fourth-order valence-electron chi connectivity index (χ4n) is 3.09. The lowest BCUT2D eigenvalue weighted by Crippen LogP contribution is -2.50. The first-order valence-corrected chi connectivity index (χ1v) is 9.66. The number of aromatic nitrogens is 4. The van der Waals surface area contributed by atoms with Crippen LogP contribution in [0, 0.1) is 5.82 Å². The molecule has 0 saturated carbocycles. The van der Waals surface area contributed by atoms with Crippen molar-refractivity contribution in [3.05, 3.63) is 72.6 Å². The van der Waals surface area contributed by atoms with E-state index >= 15 is 0 Å². The Kier molecular flexibility index (Phi) is 4.93. The highest BCUT2D eigenvalue weighted by Gasteiger charge is 2.19. The van der Waals surface area contributed by atoms with Gasteiger partial charge in [0, 0.05) is 35.8 Å². The molecule has 0 aliphatic carbocycles. The van der Waals surface area contributed by atoms with E-state index in [2.05, 4.69) is 30.6 Å². The van der Waals surface area contributed by atoms with Crippen LogP contribution in [0.5, 0.6) is 5.88 Å². The van der Waals surface area contributed by atoms with Gasteiger partial charge < -0.3 is 15.4 Å². The third-order valence-corrected chi connectivity index (χ3v) is 4.86. The number of ether oxygens (including phenoxy) is 1. The molecule has 1 fully saturated rings. The number of hydrogen-bond donors (Lipinski definition) is 2. The Hall–Kier alpha value is -3.98. The maximum absolute atomic E-state index is 13.1. The van der Waals surface area contributed by atoms with Crippen molar-refractivity contribution >= 4 is 22.6 Å². The van der Waals surface area contributed by atoms with Crippen molar-refractivity contribution < 1.29 is 13.9 Å². The molecule has 1 aliphatic rings. The van der Waals surface area contributed by atoms with Gasteiger partial charge in [0.1, 0.15) is 17.7 Å². The molecule has 4 aromatic rings. The number of halogens is 1. The Morgan fingerprint density at radius 2 is 1.90 bits per heavy atom. The van der Waals surface area contributed by atoms with Gasteiger partial charge in [-0.05, 0) is 36.4 Å². The lowest BCUT2D eigenvalue weighted by atomic mass is 10.1. The van der Waals surface area contributed by atoms with Crippen LogP contribution in [0.4, 0.5) is 10.2 Å². The van der Waals surface area contributed by atoms with Crippen LogP contribution >= 0.6 is 0 Å². The second kappa shape index (κ2) is 8.04. The number of amides is 1. The zero-order valence-electron chi connectivity index (χ0n) is 16.2. The van der Waals surface area contributed by atoms with Crippen molar-refractivity contribution in [2.75, 3.05) is 18.4 Å². The summed E-state index contributed by atoms with van der Waals surface area (Å²) in [5.41, 5.74) is 2.40. The molecule has 31 heavy (non-hydrogen) atoms. The summed E-state index contributed by atoms with van der Waals surface area (Å²) in [7, 11) is 0. The normalized spacial score (nSPS) is 13.6. The van der Waals surface area contributed by atoms with Crippen LogP contribution in [0.15, 0.2) is 61.2 Å². The number of carbonyl (C=O) groups is 1. The van der Waals surface area contributed by atoms with Gasteiger partial charge >= 0.3 is 0 Å². The van der Waals surface area contributed by atoms with E-state index in [0.717, 1.165) is 24.0 Å². The third-order valence-electron chi connectivity index (χ3n) is 4.86. The average Bonchev–Trinajstić information content (AvgIpc) is 2.76. The highest BCUT2D eigenvalue weighted by molar-refractivity contribution is 6.04. The van der Waals surface area contributed by atoms with Crippen LogP contribution in [0.25, 0.3) is 22.2 Å². The van der Waals surface area contributed by atoms with E-state index in [-0.39, 0.29) is 12.0 Å². The average molecular weight is 416 g/mol. The third kappa shape index (κ3) is 4.17. The largest absolute Gasteiger partial charge is 0.471 e. The van der Waals surface area contributed by atoms with Gasteiger partial charge in [-0.1, -0.05) is 0 Å². The van der Waals surface area contributed by atoms with Gasteiger partial charge in [-0.2, -0.15) is 0 Å². The monoisotopic (exact) mass is 416 g/mol. The lowest BCUT2D eigenvalue weighted by molar-refractivity contribution is 0.102. The molecule has 0 radical (unpaired) electrons. The van der Waals surface area contributed by atoms with Crippen molar-refractivity contribution in [2.45, 2.75) is 6.10 Å². The molecule has 8 nitrogen and oxygen atoms in total. The molecule has 5 rings (SSSR count). The van der Waals surface area contributed by atoms with Crippen molar-refractivity contribution in [1.82, 2.24) is 25.3 Å². The van der Waals surface area contributed by atoms with E-state index in [0.29, 0.717) is 28.5 Å². The molecular weight excluding hydrogens is 399 g/mol. The van der Waals surface area contributed by atoms with Gasteiger partial charge in [0.15, 0.2) is 0 Å².